The van der Waals surface area contributed by atoms with Gasteiger partial charge in [0.1, 0.15) is 24.6 Å². The van der Waals surface area contributed by atoms with Crippen LogP contribution in [-0.2, 0) is 4.74 Å². The Morgan fingerprint density at radius 2 is 1.89 bits per heavy atom. The normalized spacial score (nSPS) is 10.7. The van der Waals surface area contributed by atoms with Crippen LogP contribution in [0.5, 0.6) is 0 Å². The summed E-state index contributed by atoms with van der Waals surface area (Å²) in [7, 11) is 0. The molecule has 0 fully saturated rings. The minimum atomic E-state index is -2.42. The molecule has 0 atom stereocenters. The fourth-order valence-corrected chi connectivity index (χ4v) is 1.23. The number of anilines is 2. The van der Waals surface area contributed by atoms with E-state index in [0.29, 0.717) is 12.4 Å². The lowest BCUT2D eigenvalue weighted by Gasteiger charge is -2.08. The zero-order valence-electron chi connectivity index (χ0n) is 10.3. The van der Waals surface area contributed by atoms with Crippen LogP contribution in [0.15, 0.2) is 12.4 Å². The highest BCUT2D eigenvalue weighted by atomic mass is 19.3. The summed E-state index contributed by atoms with van der Waals surface area (Å²) in [5.74, 6) is 1.38. The Bertz CT molecular complexity index is 339. The Labute approximate surface area is 105 Å². The quantitative estimate of drug-likeness (QED) is 0.665. The van der Waals surface area contributed by atoms with E-state index in [1.54, 1.807) is 6.07 Å². The molecule has 0 saturated carbocycles. The van der Waals surface area contributed by atoms with E-state index in [-0.39, 0.29) is 6.61 Å². The van der Waals surface area contributed by atoms with E-state index < -0.39 is 13.0 Å². The molecule has 5 nitrogen and oxygen atoms in total. The van der Waals surface area contributed by atoms with E-state index in [9.17, 15) is 8.78 Å². The number of rotatable bonds is 9. The van der Waals surface area contributed by atoms with E-state index in [1.165, 1.54) is 6.33 Å². The summed E-state index contributed by atoms with van der Waals surface area (Å²) in [6.07, 6.45) is 0.0306. The first-order chi connectivity index (χ1) is 8.72. The molecule has 0 aromatic carbocycles. The van der Waals surface area contributed by atoms with Crippen molar-refractivity contribution in [1.29, 1.82) is 0 Å². The van der Waals surface area contributed by atoms with Gasteiger partial charge in [-0.25, -0.2) is 18.7 Å². The standard InChI is InChI=1S/C11H18F2N4O/c1-2-3-14-10-6-11(17-8-16-10)15-4-5-18-7-9(12)13/h6,8-9H,2-5,7H2,1H3,(H2,14,15,16,17). The van der Waals surface area contributed by atoms with E-state index in [1.807, 2.05) is 0 Å². The van der Waals surface area contributed by atoms with E-state index in [2.05, 4.69) is 27.5 Å². The van der Waals surface area contributed by atoms with Crippen LogP contribution in [-0.4, -0.2) is 42.7 Å². The number of nitrogens with zero attached hydrogens (tertiary/aromatic N) is 2. The third-order valence-electron chi connectivity index (χ3n) is 2.02. The number of hydrogen-bond acceptors (Lipinski definition) is 5. The maximum atomic E-state index is 11.8. The van der Waals surface area contributed by atoms with Gasteiger partial charge in [-0.1, -0.05) is 6.92 Å². The molecular formula is C11H18F2N4O. The highest BCUT2D eigenvalue weighted by molar-refractivity contribution is 5.46. The molecule has 0 saturated heterocycles. The maximum absolute atomic E-state index is 11.8. The van der Waals surface area contributed by atoms with Crippen LogP contribution in [0.4, 0.5) is 20.4 Å². The molecule has 0 unspecified atom stereocenters. The second-order valence-corrected chi connectivity index (χ2v) is 3.61. The monoisotopic (exact) mass is 260 g/mol. The highest BCUT2D eigenvalue weighted by Gasteiger charge is 2.01. The maximum Gasteiger partial charge on any atom is 0.261 e. The van der Waals surface area contributed by atoms with Crippen molar-refractivity contribution in [3.05, 3.63) is 12.4 Å². The SMILES string of the molecule is CCCNc1cc(NCCOCC(F)F)ncn1. The van der Waals surface area contributed by atoms with Crippen molar-refractivity contribution in [2.75, 3.05) is 36.9 Å². The zero-order valence-corrected chi connectivity index (χ0v) is 10.3. The van der Waals surface area contributed by atoms with Crippen molar-refractivity contribution in [3.8, 4) is 0 Å². The summed E-state index contributed by atoms with van der Waals surface area (Å²) in [5, 5.41) is 6.10. The second-order valence-electron chi connectivity index (χ2n) is 3.61. The van der Waals surface area contributed by atoms with Crippen LogP contribution >= 0.6 is 0 Å². The van der Waals surface area contributed by atoms with Crippen LogP contribution in [0.2, 0.25) is 0 Å². The number of alkyl halides is 2. The number of nitrogens with one attached hydrogen (secondary N) is 2. The molecule has 0 bridgehead atoms. The summed E-state index contributed by atoms with van der Waals surface area (Å²) in [6.45, 7) is 3.01. The predicted molar refractivity (Wildman–Crippen MR) is 66.1 cm³/mol. The molecule has 0 spiro atoms. The molecule has 0 radical (unpaired) electrons. The third-order valence-corrected chi connectivity index (χ3v) is 2.02. The molecule has 1 rings (SSSR count). The van der Waals surface area contributed by atoms with Crippen molar-refractivity contribution in [2.45, 2.75) is 19.8 Å². The van der Waals surface area contributed by atoms with Crippen LogP contribution in [0.25, 0.3) is 0 Å². The molecule has 1 aromatic heterocycles. The Balaban J connectivity index is 2.24. The number of halogens is 2. The molecular weight excluding hydrogens is 242 g/mol. The van der Waals surface area contributed by atoms with E-state index in [4.69, 9.17) is 4.74 Å². The Hall–Kier alpha value is -1.50. The third kappa shape index (κ3) is 6.29. The average Bonchev–Trinajstić information content (AvgIpc) is 2.36. The summed E-state index contributed by atoms with van der Waals surface area (Å²) >= 11 is 0. The number of aromatic nitrogens is 2. The van der Waals surface area contributed by atoms with Crippen LogP contribution in [0.3, 0.4) is 0 Å². The topological polar surface area (TPSA) is 59.1 Å². The molecule has 102 valence electrons. The van der Waals surface area contributed by atoms with Crippen LogP contribution in [0.1, 0.15) is 13.3 Å². The minimum absolute atomic E-state index is 0.214. The lowest BCUT2D eigenvalue weighted by atomic mass is 10.4. The second kappa shape index (κ2) is 8.57. The molecule has 1 aromatic rings. The van der Waals surface area contributed by atoms with Crippen molar-refractivity contribution in [1.82, 2.24) is 9.97 Å². The Kier molecular flexibility index (Phi) is 6.93. The van der Waals surface area contributed by atoms with Gasteiger partial charge >= 0.3 is 0 Å². The van der Waals surface area contributed by atoms with E-state index >= 15 is 0 Å². The first-order valence-electron chi connectivity index (χ1n) is 5.88. The minimum Gasteiger partial charge on any atom is -0.374 e. The molecule has 1 heterocycles. The van der Waals surface area contributed by atoms with Crippen molar-refractivity contribution < 1.29 is 13.5 Å². The van der Waals surface area contributed by atoms with E-state index in [0.717, 1.165) is 18.8 Å². The summed E-state index contributed by atoms with van der Waals surface area (Å²) in [6, 6.07) is 1.77. The molecule has 0 aliphatic heterocycles. The van der Waals surface area contributed by atoms with Gasteiger partial charge in [0.05, 0.1) is 6.61 Å². The van der Waals surface area contributed by atoms with Crippen molar-refractivity contribution in [3.63, 3.8) is 0 Å². The molecule has 18 heavy (non-hydrogen) atoms. The fourth-order valence-electron chi connectivity index (χ4n) is 1.23. The van der Waals surface area contributed by atoms with Gasteiger partial charge in [0.2, 0.25) is 0 Å². The van der Waals surface area contributed by atoms with Crippen LogP contribution < -0.4 is 10.6 Å². The van der Waals surface area contributed by atoms with Crippen molar-refractivity contribution in [2.24, 2.45) is 0 Å². The van der Waals surface area contributed by atoms with Gasteiger partial charge in [-0.15, -0.1) is 0 Å². The van der Waals surface area contributed by atoms with Gasteiger partial charge in [0, 0.05) is 19.2 Å². The molecule has 0 amide bonds. The first kappa shape index (κ1) is 14.6. The predicted octanol–water partition coefficient (Wildman–Crippen LogP) is 1.99. The Morgan fingerprint density at radius 1 is 1.22 bits per heavy atom. The molecule has 0 aliphatic carbocycles. The molecule has 7 heteroatoms. The van der Waals surface area contributed by atoms with Gasteiger partial charge in [0.25, 0.3) is 6.43 Å². The zero-order chi connectivity index (χ0) is 13.2. The number of ether oxygens (including phenoxy) is 1. The summed E-state index contributed by atoms with van der Waals surface area (Å²) in [4.78, 5) is 8.07. The first-order valence-corrected chi connectivity index (χ1v) is 5.88. The summed E-state index contributed by atoms with van der Waals surface area (Å²) in [5.41, 5.74) is 0. The smallest absolute Gasteiger partial charge is 0.261 e. The largest absolute Gasteiger partial charge is 0.374 e. The van der Waals surface area contributed by atoms with Gasteiger partial charge < -0.3 is 15.4 Å². The van der Waals surface area contributed by atoms with Gasteiger partial charge in [-0.2, -0.15) is 0 Å². The number of hydrogen-bond donors (Lipinski definition) is 2. The lowest BCUT2D eigenvalue weighted by molar-refractivity contribution is 0.0215. The average molecular weight is 260 g/mol. The fraction of sp³-hybridized carbons (Fsp3) is 0.636. The molecule has 2 N–H and O–H groups in total. The van der Waals surface area contributed by atoms with Crippen molar-refractivity contribution >= 4 is 11.6 Å². The highest BCUT2D eigenvalue weighted by Crippen LogP contribution is 2.07. The van der Waals surface area contributed by atoms with Gasteiger partial charge in [-0.05, 0) is 6.42 Å². The Morgan fingerprint density at radius 3 is 2.50 bits per heavy atom. The lowest BCUT2D eigenvalue weighted by Crippen LogP contribution is -2.14. The molecule has 0 aliphatic rings. The van der Waals surface area contributed by atoms with Gasteiger partial charge in [-0.3, -0.25) is 0 Å². The van der Waals surface area contributed by atoms with Gasteiger partial charge in [0.15, 0.2) is 0 Å². The summed E-state index contributed by atoms with van der Waals surface area (Å²) < 4.78 is 28.3. The van der Waals surface area contributed by atoms with Crippen LogP contribution in [0, 0.1) is 0 Å².